The minimum Gasteiger partial charge on any atom is -0.399 e. The van der Waals surface area contributed by atoms with Gasteiger partial charge in [-0.1, -0.05) is 24.3 Å². The maximum absolute atomic E-state index is 5.86. The fraction of sp³-hybridized carbons (Fsp3) is 0.0667. The lowest BCUT2D eigenvalue weighted by Gasteiger charge is -2.00. The molecule has 2 heterocycles. The lowest BCUT2D eigenvalue weighted by Crippen LogP contribution is -1.90. The monoisotopic (exact) mass is 263 g/mol. The predicted octanol–water partition coefficient (Wildman–Crippen LogP) is 2.47. The quantitative estimate of drug-likeness (QED) is 0.537. The van der Waals surface area contributed by atoms with Gasteiger partial charge in [-0.05, 0) is 24.3 Å². The lowest BCUT2D eigenvalue weighted by molar-refractivity contribution is 0.954. The van der Waals surface area contributed by atoms with E-state index in [0.29, 0.717) is 0 Å². The molecule has 0 unspecified atom stereocenters. The first kappa shape index (κ1) is 11.0. The molecule has 0 aliphatic heterocycles. The second-order valence-corrected chi connectivity index (χ2v) is 4.83. The summed E-state index contributed by atoms with van der Waals surface area (Å²) in [4.78, 5) is 0. The third-order valence-corrected chi connectivity index (χ3v) is 3.57. The Kier molecular flexibility index (Phi) is 2.12. The van der Waals surface area contributed by atoms with Gasteiger partial charge in [0.05, 0.1) is 11.0 Å². The summed E-state index contributed by atoms with van der Waals surface area (Å²) in [5.74, 6) is 1.63. The number of hydrogen-bond acceptors (Lipinski definition) is 3. The molecule has 2 N–H and O–H groups in total. The fourth-order valence-electron chi connectivity index (χ4n) is 2.62. The summed E-state index contributed by atoms with van der Waals surface area (Å²) in [5, 5.41) is 8.61. The molecule has 0 aliphatic rings. The molecule has 2 aromatic carbocycles. The molecule has 0 bridgehead atoms. The van der Waals surface area contributed by atoms with Crippen molar-refractivity contribution in [2.24, 2.45) is 7.05 Å². The van der Waals surface area contributed by atoms with Crippen molar-refractivity contribution < 1.29 is 0 Å². The van der Waals surface area contributed by atoms with E-state index in [1.165, 1.54) is 0 Å². The second-order valence-electron chi connectivity index (χ2n) is 4.83. The van der Waals surface area contributed by atoms with Crippen molar-refractivity contribution in [1.29, 1.82) is 0 Å². The zero-order valence-corrected chi connectivity index (χ0v) is 11.0. The average molecular weight is 263 g/mol. The number of anilines is 1. The molecule has 0 radical (unpaired) electrons. The Morgan fingerprint density at radius 2 is 1.75 bits per heavy atom. The molecule has 0 saturated heterocycles. The molecule has 4 aromatic rings. The summed E-state index contributed by atoms with van der Waals surface area (Å²) in [7, 11) is 2.00. The number of para-hydroxylation sites is 2. The Hall–Kier alpha value is -2.82. The van der Waals surface area contributed by atoms with Crippen LogP contribution in [-0.4, -0.2) is 19.2 Å². The maximum Gasteiger partial charge on any atom is 0.236 e. The van der Waals surface area contributed by atoms with Gasteiger partial charge in [0, 0.05) is 18.3 Å². The van der Waals surface area contributed by atoms with Crippen molar-refractivity contribution in [1.82, 2.24) is 19.2 Å². The first-order valence-electron chi connectivity index (χ1n) is 6.40. The molecular weight excluding hydrogens is 250 g/mol. The van der Waals surface area contributed by atoms with Gasteiger partial charge >= 0.3 is 0 Å². The van der Waals surface area contributed by atoms with E-state index in [-0.39, 0.29) is 0 Å². The molecule has 0 spiro atoms. The van der Waals surface area contributed by atoms with Gasteiger partial charge in [0.2, 0.25) is 5.78 Å². The highest BCUT2D eigenvalue weighted by Gasteiger charge is 2.15. The number of nitrogens with zero attached hydrogens (tertiary/aromatic N) is 4. The fourth-order valence-corrected chi connectivity index (χ4v) is 2.62. The Labute approximate surface area is 115 Å². The van der Waals surface area contributed by atoms with Crippen LogP contribution in [0.3, 0.4) is 0 Å². The summed E-state index contributed by atoms with van der Waals surface area (Å²) in [5.41, 5.74) is 9.77. The van der Waals surface area contributed by atoms with Crippen LogP contribution < -0.4 is 5.73 Å². The number of nitrogen functional groups attached to an aromatic ring is 1. The molecule has 0 aliphatic carbocycles. The van der Waals surface area contributed by atoms with Crippen molar-refractivity contribution in [3.63, 3.8) is 0 Å². The highest BCUT2D eigenvalue weighted by atomic mass is 15.3. The van der Waals surface area contributed by atoms with Crippen molar-refractivity contribution >= 4 is 22.5 Å². The number of hydrogen-bond donors (Lipinski definition) is 1. The summed E-state index contributed by atoms with van der Waals surface area (Å²) >= 11 is 0. The van der Waals surface area contributed by atoms with Gasteiger partial charge in [-0.25, -0.2) is 0 Å². The van der Waals surface area contributed by atoms with Crippen molar-refractivity contribution in [3.8, 4) is 11.4 Å². The average Bonchev–Trinajstić information content (AvgIpc) is 3.01. The molecule has 98 valence electrons. The smallest absolute Gasteiger partial charge is 0.236 e. The SMILES string of the molecule is Cn1c2ccccc2n2c(-c3cccc(N)c3)nnc12. The Morgan fingerprint density at radius 3 is 2.55 bits per heavy atom. The number of nitrogens with two attached hydrogens (primary N) is 1. The topological polar surface area (TPSA) is 61.1 Å². The van der Waals surface area contributed by atoms with Gasteiger partial charge in [0.15, 0.2) is 5.82 Å². The van der Waals surface area contributed by atoms with Crippen LogP contribution in [-0.2, 0) is 7.05 Å². The molecule has 4 rings (SSSR count). The first-order valence-corrected chi connectivity index (χ1v) is 6.40. The number of aryl methyl sites for hydroxylation is 1. The Bertz CT molecular complexity index is 932. The van der Waals surface area contributed by atoms with E-state index >= 15 is 0 Å². The minimum absolute atomic E-state index is 0.722. The highest BCUT2D eigenvalue weighted by Crippen LogP contribution is 2.26. The zero-order valence-electron chi connectivity index (χ0n) is 11.0. The van der Waals surface area contributed by atoms with Crippen molar-refractivity contribution in [2.45, 2.75) is 0 Å². The predicted molar refractivity (Wildman–Crippen MR) is 79.3 cm³/mol. The van der Waals surface area contributed by atoms with Crippen molar-refractivity contribution in [2.75, 3.05) is 5.73 Å². The van der Waals surface area contributed by atoms with Crippen LogP contribution in [0.5, 0.6) is 0 Å². The van der Waals surface area contributed by atoms with E-state index in [1.807, 2.05) is 48.0 Å². The Morgan fingerprint density at radius 1 is 0.950 bits per heavy atom. The van der Waals surface area contributed by atoms with Crippen LogP contribution in [0.25, 0.3) is 28.2 Å². The van der Waals surface area contributed by atoms with Crippen LogP contribution in [0.1, 0.15) is 0 Å². The first-order chi connectivity index (χ1) is 9.75. The number of aromatic nitrogens is 4. The third kappa shape index (κ3) is 1.37. The summed E-state index contributed by atoms with van der Waals surface area (Å²) in [6.07, 6.45) is 0. The normalized spacial score (nSPS) is 11.4. The molecule has 5 nitrogen and oxygen atoms in total. The van der Waals surface area contributed by atoms with Crippen LogP contribution in [0, 0.1) is 0 Å². The third-order valence-electron chi connectivity index (χ3n) is 3.57. The highest BCUT2D eigenvalue weighted by molar-refractivity contribution is 5.83. The summed E-state index contributed by atoms with van der Waals surface area (Å²) in [6, 6.07) is 15.9. The van der Waals surface area contributed by atoms with E-state index in [4.69, 9.17) is 5.73 Å². The van der Waals surface area contributed by atoms with E-state index in [1.54, 1.807) is 0 Å². The number of fused-ring (bicyclic) bond motifs is 3. The zero-order chi connectivity index (χ0) is 13.7. The second kappa shape index (κ2) is 3.84. The van der Waals surface area contributed by atoms with Crippen LogP contribution >= 0.6 is 0 Å². The number of imidazole rings is 1. The lowest BCUT2D eigenvalue weighted by atomic mass is 10.2. The minimum atomic E-state index is 0.722. The van der Waals surface area contributed by atoms with E-state index in [9.17, 15) is 0 Å². The van der Waals surface area contributed by atoms with E-state index < -0.39 is 0 Å². The molecule has 0 fully saturated rings. The van der Waals surface area contributed by atoms with Gasteiger partial charge in [-0.2, -0.15) is 0 Å². The van der Waals surface area contributed by atoms with Gasteiger partial charge in [0.1, 0.15) is 0 Å². The maximum atomic E-state index is 5.86. The molecule has 5 heteroatoms. The largest absolute Gasteiger partial charge is 0.399 e. The van der Waals surface area contributed by atoms with E-state index in [2.05, 4.69) is 26.7 Å². The standard InChI is InChI=1S/C15H13N5/c1-19-12-7-2-3-8-13(12)20-14(17-18-15(19)20)10-5-4-6-11(16)9-10/h2-9H,16H2,1H3. The molecular formula is C15H13N5. The molecule has 20 heavy (non-hydrogen) atoms. The van der Waals surface area contributed by atoms with Gasteiger partial charge in [-0.3, -0.25) is 4.40 Å². The summed E-state index contributed by atoms with van der Waals surface area (Å²) < 4.78 is 4.10. The summed E-state index contributed by atoms with van der Waals surface area (Å²) in [6.45, 7) is 0. The number of rotatable bonds is 1. The molecule has 2 aromatic heterocycles. The molecule has 0 amide bonds. The van der Waals surface area contributed by atoms with Gasteiger partial charge in [-0.15, -0.1) is 10.2 Å². The van der Waals surface area contributed by atoms with E-state index in [0.717, 1.165) is 33.9 Å². The van der Waals surface area contributed by atoms with Gasteiger partial charge < -0.3 is 10.3 Å². The number of benzene rings is 2. The Balaban J connectivity index is 2.13. The molecule has 0 atom stereocenters. The molecule has 0 saturated carbocycles. The van der Waals surface area contributed by atoms with Crippen LogP contribution in [0.4, 0.5) is 5.69 Å². The van der Waals surface area contributed by atoms with Crippen LogP contribution in [0.15, 0.2) is 48.5 Å². The van der Waals surface area contributed by atoms with Crippen molar-refractivity contribution in [3.05, 3.63) is 48.5 Å². The van der Waals surface area contributed by atoms with Crippen LogP contribution in [0.2, 0.25) is 0 Å². The van der Waals surface area contributed by atoms with Gasteiger partial charge in [0.25, 0.3) is 0 Å².